The molecule has 5 nitrogen and oxygen atoms in total. The van der Waals surface area contributed by atoms with Crippen LogP contribution in [-0.2, 0) is 6.42 Å². The summed E-state index contributed by atoms with van der Waals surface area (Å²) in [6, 6.07) is 6.58. The van der Waals surface area contributed by atoms with E-state index in [1.54, 1.807) is 6.26 Å². The van der Waals surface area contributed by atoms with Crippen molar-refractivity contribution in [3.63, 3.8) is 0 Å². The highest BCUT2D eigenvalue weighted by Crippen LogP contribution is 2.20. The van der Waals surface area contributed by atoms with Gasteiger partial charge in [-0.25, -0.2) is 9.67 Å². The number of nitrogens with one attached hydrogen (secondary N) is 1. The molecule has 1 atom stereocenters. The van der Waals surface area contributed by atoms with Gasteiger partial charge in [0.15, 0.2) is 5.65 Å². The molecule has 0 saturated heterocycles. The summed E-state index contributed by atoms with van der Waals surface area (Å²) in [6.45, 7) is 6.34. The van der Waals surface area contributed by atoms with Crippen LogP contribution in [0.5, 0.6) is 0 Å². The third-order valence-electron chi connectivity index (χ3n) is 3.42. The SMILES string of the molecule is CC(Cc1ccco1)Nc1cnc2c(cnn2C(C)C)c1. The lowest BCUT2D eigenvalue weighted by Gasteiger charge is -2.14. The fraction of sp³-hybridized carbons (Fsp3) is 0.375. The highest BCUT2D eigenvalue weighted by atomic mass is 16.3. The van der Waals surface area contributed by atoms with Crippen molar-refractivity contribution in [3.8, 4) is 0 Å². The van der Waals surface area contributed by atoms with E-state index in [9.17, 15) is 0 Å². The number of pyridine rings is 1. The van der Waals surface area contributed by atoms with E-state index < -0.39 is 0 Å². The maximum absolute atomic E-state index is 5.37. The second kappa shape index (κ2) is 5.60. The number of anilines is 1. The van der Waals surface area contributed by atoms with Gasteiger partial charge in [0.25, 0.3) is 0 Å². The van der Waals surface area contributed by atoms with Crippen molar-refractivity contribution >= 4 is 16.7 Å². The molecule has 0 radical (unpaired) electrons. The van der Waals surface area contributed by atoms with Gasteiger partial charge in [-0.2, -0.15) is 5.10 Å². The Bertz CT molecular complexity index is 715. The van der Waals surface area contributed by atoms with Gasteiger partial charge in [-0.05, 0) is 39.0 Å². The second-order valence-corrected chi connectivity index (χ2v) is 5.65. The molecule has 0 saturated carbocycles. The molecule has 3 heterocycles. The van der Waals surface area contributed by atoms with Crippen LogP contribution in [0.15, 0.2) is 41.3 Å². The molecule has 1 N–H and O–H groups in total. The molecule has 0 fully saturated rings. The predicted octanol–water partition coefficient (Wildman–Crippen LogP) is 3.65. The Hall–Kier alpha value is -2.30. The fourth-order valence-electron chi connectivity index (χ4n) is 2.46. The van der Waals surface area contributed by atoms with Gasteiger partial charge in [0, 0.05) is 23.9 Å². The van der Waals surface area contributed by atoms with Crippen LogP contribution in [-0.4, -0.2) is 20.8 Å². The molecule has 0 aliphatic carbocycles. The van der Waals surface area contributed by atoms with Crippen LogP contribution in [0.3, 0.4) is 0 Å². The molecule has 5 heteroatoms. The lowest BCUT2D eigenvalue weighted by atomic mass is 10.2. The Morgan fingerprint density at radius 2 is 2.14 bits per heavy atom. The van der Waals surface area contributed by atoms with Gasteiger partial charge in [-0.1, -0.05) is 0 Å². The smallest absolute Gasteiger partial charge is 0.158 e. The van der Waals surface area contributed by atoms with Crippen molar-refractivity contribution in [2.24, 2.45) is 0 Å². The first-order chi connectivity index (χ1) is 10.1. The maximum atomic E-state index is 5.37. The van der Waals surface area contributed by atoms with Crippen molar-refractivity contribution in [1.29, 1.82) is 0 Å². The first kappa shape index (κ1) is 13.7. The third-order valence-corrected chi connectivity index (χ3v) is 3.42. The molecule has 3 rings (SSSR count). The molecule has 0 aliphatic heterocycles. The highest BCUT2D eigenvalue weighted by molar-refractivity contribution is 5.78. The Morgan fingerprint density at radius 3 is 2.86 bits per heavy atom. The number of hydrogen-bond donors (Lipinski definition) is 1. The van der Waals surface area contributed by atoms with Gasteiger partial charge in [0.05, 0.1) is 24.3 Å². The minimum atomic E-state index is 0.274. The van der Waals surface area contributed by atoms with E-state index in [2.05, 4.69) is 42.2 Å². The average Bonchev–Trinajstić information content (AvgIpc) is 3.06. The monoisotopic (exact) mass is 284 g/mol. The van der Waals surface area contributed by atoms with E-state index in [1.807, 2.05) is 29.2 Å². The minimum Gasteiger partial charge on any atom is -0.469 e. The summed E-state index contributed by atoms with van der Waals surface area (Å²) in [7, 11) is 0. The van der Waals surface area contributed by atoms with E-state index in [-0.39, 0.29) is 6.04 Å². The normalized spacial score (nSPS) is 13.0. The molecule has 110 valence electrons. The predicted molar refractivity (Wildman–Crippen MR) is 83.4 cm³/mol. The van der Waals surface area contributed by atoms with E-state index in [4.69, 9.17) is 4.42 Å². The Labute approximate surface area is 124 Å². The zero-order valence-corrected chi connectivity index (χ0v) is 12.6. The van der Waals surface area contributed by atoms with Crippen molar-refractivity contribution < 1.29 is 4.42 Å². The first-order valence-corrected chi connectivity index (χ1v) is 7.25. The van der Waals surface area contributed by atoms with Crippen LogP contribution < -0.4 is 5.32 Å². The van der Waals surface area contributed by atoms with Gasteiger partial charge in [0.1, 0.15) is 5.76 Å². The highest BCUT2D eigenvalue weighted by Gasteiger charge is 2.10. The molecule has 0 aromatic carbocycles. The molecule has 0 bridgehead atoms. The summed E-state index contributed by atoms with van der Waals surface area (Å²) in [5.74, 6) is 0.983. The van der Waals surface area contributed by atoms with Crippen molar-refractivity contribution in [2.75, 3.05) is 5.32 Å². The van der Waals surface area contributed by atoms with E-state index in [1.165, 1.54) is 0 Å². The number of rotatable bonds is 5. The van der Waals surface area contributed by atoms with Crippen molar-refractivity contribution in [3.05, 3.63) is 42.6 Å². The van der Waals surface area contributed by atoms with Crippen LogP contribution in [0.4, 0.5) is 5.69 Å². The number of nitrogens with zero attached hydrogens (tertiary/aromatic N) is 3. The standard InChI is InChI=1S/C16H20N4O/c1-11(2)20-16-13(9-18-20)8-14(10-17-16)19-12(3)7-15-5-4-6-21-15/h4-6,8-12,19H,7H2,1-3H3. The summed E-state index contributed by atoms with van der Waals surface area (Å²) >= 11 is 0. The quantitative estimate of drug-likeness (QED) is 0.777. The van der Waals surface area contributed by atoms with Crippen LogP contribution in [0, 0.1) is 0 Å². The van der Waals surface area contributed by atoms with E-state index >= 15 is 0 Å². The summed E-state index contributed by atoms with van der Waals surface area (Å²) < 4.78 is 7.31. The molecule has 3 aromatic rings. The lowest BCUT2D eigenvalue weighted by Crippen LogP contribution is -2.17. The summed E-state index contributed by atoms with van der Waals surface area (Å²) in [6.07, 6.45) is 6.28. The maximum Gasteiger partial charge on any atom is 0.158 e. The number of hydrogen-bond acceptors (Lipinski definition) is 4. The van der Waals surface area contributed by atoms with Crippen molar-refractivity contribution in [1.82, 2.24) is 14.8 Å². The van der Waals surface area contributed by atoms with Crippen LogP contribution in [0.1, 0.15) is 32.6 Å². The number of aromatic nitrogens is 3. The molecule has 0 amide bonds. The lowest BCUT2D eigenvalue weighted by molar-refractivity contribution is 0.498. The van der Waals surface area contributed by atoms with Crippen LogP contribution in [0.25, 0.3) is 11.0 Å². The fourth-order valence-corrected chi connectivity index (χ4v) is 2.46. The summed E-state index contributed by atoms with van der Waals surface area (Å²) in [5.41, 5.74) is 1.93. The minimum absolute atomic E-state index is 0.274. The van der Waals surface area contributed by atoms with Crippen molar-refractivity contribution in [2.45, 2.75) is 39.3 Å². The van der Waals surface area contributed by atoms with Gasteiger partial charge in [0.2, 0.25) is 0 Å². The number of furan rings is 1. The zero-order chi connectivity index (χ0) is 14.8. The number of fused-ring (bicyclic) bond motifs is 1. The molecule has 0 spiro atoms. The van der Waals surface area contributed by atoms with Crippen LogP contribution in [0.2, 0.25) is 0 Å². The summed E-state index contributed by atoms with van der Waals surface area (Å²) in [5, 5.41) is 8.89. The largest absolute Gasteiger partial charge is 0.469 e. The molecule has 1 unspecified atom stereocenters. The van der Waals surface area contributed by atoms with E-state index in [0.29, 0.717) is 6.04 Å². The zero-order valence-electron chi connectivity index (χ0n) is 12.6. The molecule has 0 aliphatic rings. The molecule has 21 heavy (non-hydrogen) atoms. The molecular formula is C16H20N4O. The molecule has 3 aromatic heterocycles. The Balaban J connectivity index is 1.75. The third kappa shape index (κ3) is 2.91. The van der Waals surface area contributed by atoms with Crippen LogP contribution >= 0.6 is 0 Å². The first-order valence-electron chi connectivity index (χ1n) is 7.25. The molecular weight excluding hydrogens is 264 g/mol. The Morgan fingerprint density at radius 1 is 1.29 bits per heavy atom. The van der Waals surface area contributed by atoms with Gasteiger partial charge >= 0.3 is 0 Å². The van der Waals surface area contributed by atoms with E-state index in [0.717, 1.165) is 28.9 Å². The topological polar surface area (TPSA) is 55.9 Å². The van der Waals surface area contributed by atoms with Gasteiger partial charge in [-0.15, -0.1) is 0 Å². The summed E-state index contributed by atoms with van der Waals surface area (Å²) in [4.78, 5) is 4.53. The second-order valence-electron chi connectivity index (χ2n) is 5.65. The Kier molecular flexibility index (Phi) is 3.64. The van der Waals surface area contributed by atoms with Gasteiger partial charge in [-0.3, -0.25) is 0 Å². The van der Waals surface area contributed by atoms with Gasteiger partial charge < -0.3 is 9.73 Å². The average molecular weight is 284 g/mol.